The number of amides is 2. The summed E-state index contributed by atoms with van der Waals surface area (Å²) in [7, 11) is 3.90. The third-order valence-electron chi connectivity index (χ3n) is 4.92. The summed E-state index contributed by atoms with van der Waals surface area (Å²) in [6.45, 7) is 2.13. The van der Waals surface area contributed by atoms with Gasteiger partial charge in [0.25, 0.3) is 11.8 Å². The van der Waals surface area contributed by atoms with Crippen molar-refractivity contribution in [1.29, 1.82) is 0 Å². The second-order valence-corrected chi connectivity index (χ2v) is 7.18. The number of rotatable bonds is 5. The van der Waals surface area contributed by atoms with Crippen LogP contribution in [0.25, 0.3) is 0 Å². The van der Waals surface area contributed by atoms with E-state index in [2.05, 4.69) is 5.32 Å². The zero-order valence-corrected chi connectivity index (χ0v) is 16.1. The summed E-state index contributed by atoms with van der Waals surface area (Å²) in [6, 6.07) is 15.1. The first-order valence-electron chi connectivity index (χ1n) is 9.48. The Hall–Kier alpha value is -2.82. The summed E-state index contributed by atoms with van der Waals surface area (Å²) in [4.78, 5) is 28.8. The number of hydrogen-bond donors (Lipinski definition) is 1. The first-order chi connectivity index (χ1) is 13.0. The Morgan fingerprint density at radius 3 is 2.33 bits per heavy atom. The van der Waals surface area contributed by atoms with Crippen LogP contribution in [0.4, 0.5) is 5.69 Å². The lowest BCUT2D eigenvalue weighted by Gasteiger charge is -2.26. The minimum absolute atomic E-state index is 0.103. The van der Waals surface area contributed by atoms with Crippen LogP contribution >= 0.6 is 0 Å². The Morgan fingerprint density at radius 1 is 0.963 bits per heavy atom. The maximum atomic E-state index is 12.5. The standard InChI is InChI=1S/C22H27N3O2/c1-24(2)20-8-6-7-19(15-20)21(26)23-16-17-9-11-18(12-10-17)22(27)25-13-4-3-5-14-25/h6-12,15H,3-5,13-14,16H2,1-2H3,(H,23,26). The van der Waals surface area contributed by atoms with Gasteiger partial charge in [0.05, 0.1) is 0 Å². The largest absolute Gasteiger partial charge is 0.378 e. The van der Waals surface area contributed by atoms with Crippen LogP contribution in [0, 0.1) is 0 Å². The first kappa shape index (κ1) is 19.0. The fraction of sp³-hybridized carbons (Fsp3) is 0.364. The van der Waals surface area contributed by atoms with Crippen molar-refractivity contribution < 1.29 is 9.59 Å². The molecule has 0 aliphatic carbocycles. The van der Waals surface area contributed by atoms with Crippen LogP contribution in [0.15, 0.2) is 48.5 Å². The molecule has 5 heteroatoms. The lowest BCUT2D eigenvalue weighted by molar-refractivity contribution is 0.0724. The predicted octanol–water partition coefficient (Wildman–Crippen LogP) is 3.31. The van der Waals surface area contributed by atoms with Crippen LogP contribution in [0.3, 0.4) is 0 Å². The van der Waals surface area contributed by atoms with Gasteiger partial charge in [-0.1, -0.05) is 18.2 Å². The second kappa shape index (κ2) is 8.71. The fourth-order valence-corrected chi connectivity index (χ4v) is 3.25. The molecule has 2 amide bonds. The average molecular weight is 365 g/mol. The van der Waals surface area contributed by atoms with Crippen molar-refractivity contribution in [2.45, 2.75) is 25.8 Å². The summed E-state index contributed by atoms with van der Waals surface area (Å²) in [5.74, 6) is -0.00189. The van der Waals surface area contributed by atoms with Crippen molar-refractivity contribution in [1.82, 2.24) is 10.2 Å². The molecule has 0 aromatic heterocycles. The molecule has 1 heterocycles. The molecular weight excluding hydrogens is 338 g/mol. The third-order valence-corrected chi connectivity index (χ3v) is 4.92. The van der Waals surface area contributed by atoms with Gasteiger partial charge in [-0.3, -0.25) is 9.59 Å². The van der Waals surface area contributed by atoms with E-state index in [1.807, 2.05) is 72.4 Å². The van der Waals surface area contributed by atoms with E-state index in [0.717, 1.165) is 37.2 Å². The number of benzene rings is 2. The van der Waals surface area contributed by atoms with Gasteiger partial charge in [-0.05, 0) is 55.2 Å². The van der Waals surface area contributed by atoms with Crippen molar-refractivity contribution in [3.63, 3.8) is 0 Å². The SMILES string of the molecule is CN(C)c1cccc(C(=O)NCc2ccc(C(=O)N3CCCCC3)cc2)c1. The van der Waals surface area contributed by atoms with E-state index in [0.29, 0.717) is 17.7 Å². The second-order valence-electron chi connectivity index (χ2n) is 7.18. The molecule has 0 spiro atoms. The number of nitrogens with one attached hydrogen (secondary N) is 1. The zero-order chi connectivity index (χ0) is 19.2. The van der Waals surface area contributed by atoms with Gasteiger partial charge in [-0.15, -0.1) is 0 Å². The molecule has 0 unspecified atom stereocenters. The van der Waals surface area contributed by atoms with Crippen molar-refractivity contribution in [3.05, 3.63) is 65.2 Å². The topological polar surface area (TPSA) is 52.7 Å². The van der Waals surface area contributed by atoms with Gasteiger partial charge in [0, 0.05) is 50.5 Å². The molecule has 2 aromatic rings. The number of likely N-dealkylation sites (tertiary alicyclic amines) is 1. The number of piperidine rings is 1. The highest BCUT2D eigenvalue weighted by Crippen LogP contribution is 2.15. The summed E-state index contributed by atoms with van der Waals surface area (Å²) >= 11 is 0. The number of hydrogen-bond acceptors (Lipinski definition) is 3. The van der Waals surface area contributed by atoms with Gasteiger partial charge in [-0.2, -0.15) is 0 Å². The Balaban J connectivity index is 1.57. The molecule has 1 fully saturated rings. The van der Waals surface area contributed by atoms with Crippen molar-refractivity contribution in [2.24, 2.45) is 0 Å². The highest BCUT2D eigenvalue weighted by molar-refractivity contribution is 5.95. The molecule has 3 rings (SSSR count). The Morgan fingerprint density at radius 2 is 1.67 bits per heavy atom. The van der Waals surface area contributed by atoms with E-state index in [4.69, 9.17) is 0 Å². The van der Waals surface area contributed by atoms with Crippen LogP contribution in [-0.2, 0) is 6.54 Å². The van der Waals surface area contributed by atoms with Gasteiger partial charge < -0.3 is 15.1 Å². The summed E-state index contributed by atoms with van der Waals surface area (Å²) in [6.07, 6.45) is 3.38. The van der Waals surface area contributed by atoms with E-state index in [-0.39, 0.29) is 11.8 Å². The minimum atomic E-state index is -0.104. The van der Waals surface area contributed by atoms with Gasteiger partial charge in [0.1, 0.15) is 0 Å². The third kappa shape index (κ3) is 4.88. The first-order valence-corrected chi connectivity index (χ1v) is 9.48. The molecule has 1 aliphatic heterocycles. The van der Waals surface area contributed by atoms with Crippen molar-refractivity contribution in [3.8, 4) is 0 Å². The molecule has 0 atom stereocenters. The van der Waals surface area contributed by atoms with Crippen LogP contribution < -0.4 is 10.2 Å². The van der Waals surface area contributed by atoms with Gasteiger partial charge in [0.2, 0.25) is 0 Å². The van der Waals surface area contributed by atoms with Gasteiger partial charge >= 0.3 is 0 Å². The normalized spacial score (nSPS) is 13.9. The fourth-order valence-electron chi connectivity index (χ4n) is 3.25. The number of carbonyl (C=O) groups excluding carboxylic acids is 2. The summed E-state index contributed by atoms with van der Waals surface area (Å²) in [5.41, 5.74) is 3.31. The molecule has 142 valence electrons. The van der Waals surface area contributed by atoms with Gasteiger partial charge in [0.15, 0.2) is 0 Å². The molecule has 0 bridgehead atoms. The summed E-state index contributed by atoms with van der Waals surface area (Å²) < 4.78 is 0. The van der Waals surface area contributed by atoms with E-state index >= 15 is 0 Å². The Labute approximate surface area is 161 Å². The quantitative estimate of drug-likeness (QED) is 0.884. The van der Waals surface area contributed by atoms with E-state index in [1.54, 1.807) is 0 Å². The molecule has 27 heavy (non-hydrogen) atoms. The number of carbonyl (C=O) groups is 2. The summed E-state index contributed by atoms with van der Waals surface area (Å²) in [5, 5.41) is 2.94. The van der Waals surface area contributed by atoms with Crippen LogP contribution in [0.2, 0.25) is 0 Å². The lowest BCUT2D eigenvalue weighted by atomic mass is 10.1. The molecule has 0 radical (unpaired) electrons. The van der Waals surface area contributed by atoms with E-state index < -0.39 is 0 Å². The Kier molecular flexibility index (Phi) is 6.12. The molecule has 1 aliphatic rings. The monoisotopic (exact) mass is 365 g/mol. The van der Waals surface area contributed by atoms with E-state index in [1.165, 1.54) is 6.42 Å². The predicted molar refractivity (Wildman–Crippen MR) is 108 cm³/mol. The molecular formula is C22H27N3O2. The molecule has 1 N–H and O–H groups in total. The minimum Gasteiger partial charge on any atom is -0.378 e. The smallest absolute Gasteiger partial charge is 0.253 e. The van der Waals surface area contributed by atoms with Gasteiger partial charge in [-0.25, -0.2) is 0 Å². The molecule has 5 nitrogen and oxygen atoms in total. The highest BCUT2D eigenvalue weighted by atomic mass is 16.2. The Bertz CT molecular complexity index is 793. The number of nitrogens with zero attached hydrogens (tertiary/aromatic N) is 2. The van der Waals surface area contributed by atoms with Crippen LogP contribution in [0.1, 0.15) is 45.5 Å². The maximum absolute atomic E-state index is 12.5. The number of anilines is 1. The zero-order valence-electron chi connectivity index (χ0n) is 16.1. The highest BCUT2D eigenvalue weighted by Gasteiger charge is 2.17. The molecule has 2 aromatic carbocycles. The van der Waals surface area contributed by atoms with Crippen molar-refractivity contribution >= 4 is 17.5 Å². The average Bonchev–Trinajstić information content (AvgIpc) is 2.72. The molecule has 1 saturated heterocycles. The van der Waals surface area contributed by atoms with Crippen LogP contribution in [0.5, 0.6) is 0 Å². The van der Waals surface area contributed by atoms with Crippen molar-refractivity contribution in [2.75, 3.05) is 32.1 Å². The van der Waals surface area contributed by atoms with E-state index in [9.17, 15) is 9.59 Å². The molecule has 0 saturated carbocycles. The van der Waals surface area contributed by atoms with Crippen LogP contribution in [-0.4, -0.2) is 43.9 Å². The maximum Gasteiger partial charge on any atom is 0.253 e. The lowest BCUT2D eigenvalue weighted by Crippen LogP contribution is -2.35.